The molecule has 0 aliphatic rings. The zero-order chi connectivity index (χ0) is 14.0. The average Bonchev–Trinajstić information content (AvgIpc) is 2.36. The zero-order valence-corrected chi connectivity index (χ0v) is 9.25. The maximum atomic E-state index is 13.3. The lowest BCUT2D eigenvalue weighted by atomic mass is 10.2. The van der Waals surface area contributed by atoms with Crippen LogP contribution in [0.25, 0.3) is 0 Å². The Bertz CT molecular complexity index is 646. The molecule has 1 N–H and O–H groups in total. The van der Waals surface area contributed by atoms with E-state index in [4.69, 9.17) is 0 Å². The first-order valence-corrected chi connectivity index (χ1v) is 5.04. The fourth-order valence-electron chi connectivity index (χ4n) is 1.38. The first kappa shape index (κ1) is 13.0. The highest BCUT2D eigenvalue weighted by atomic mass is 19.2. The van der Waals surface area contributed by atoms with Crippen molar-refractivity contribution in [3.8, 4) is 0 Å². The summed E-state index contributed by atoms with van der Waals surface area (Å²) in [6.45, 7) is 0. The van der Waals surface area contributed by atoms with Gasteiger partial charge in [0.2, 0.25) is 0 Å². The number of rotatable bonds is 2. The highest BCUT2D eigenvalue weighted by Crippen LogP contribution is 2.17. The van der Waals surface area contributed by atoms with Crippen molar-refractivity contribution in [2.75, 3.05) is 5.32 Å². The number of nitrogens with zero attached hydrogens (tertiary/aromatic N) is 1. The van der Waals surface area contributed by atoms with Crippen LogP contribution in [-0.2, 0) is 0 Å². The summed E-state index contributed by atoms with van der Waals surface area (Å²) >= 11 is 0. The molecule has 1 amide bonds. The van der Waals surface area contributed by atoms with Crippen molar-refractivity contribution in [2.24, 2.45) is 0 Å². The first-order chi connectivity index (χ1) is 8.99. The molecular weight excluding hydrogens is 264 g/mol. The van der Waals surface area contributed by atoms with Crippen molar-refractivity contribution in [3.63, 3.8) is 0 Å². The molecule has 1 aromatic heterocycles. The summed E-state index contributed by atoms with van der Waals surface area (Å²) in [7, 11) is 0. The van der Waals surface area contributed by atoms with Crippen LogP contribution in [0.1, 0.15) is 10.4 Å². The van der Waals surface area contributed by atoms with Crippen LogP contribution in [0.15, 0.2) is 30.6 Å². The van der Waals surface area contributed by atoms with E-state index >= 15 is 0 Å². The smallest absolute Gasteiger partial charge is 0.258 e. The number of pyridine rings is 1. The Morgan fingerprint density at radius 1 is 1.05 bits per heavy atom. The summed E-state index contributed by atoms with van der Waals surface area (Å²) in [5.41, 5.74) is -0.725. The molecule has 0 aliphatic heterocycles. The topological polar surface area (TPSA) is 42.0 Å². The van der Waals surface area contributed by atoms with Gasteiger partial charge < -0.3 is 5.32 Å². The second-order valence-electron chi connectivity index (χ2n) is 3.57. The van der Waals surface area contributed by atoms with E-state index in [-0.39, 0.29) is 5.69 Å². The van der Waals surface area contributed by atoms with E-state index in [1.807, 2.05) is 0 Å². The molecule has 0 spiro atoms. The van der Waals surface area contributed by atoms with Gasteiger partial charge >= 0.3 is 0 Å². The molecule has 0 saturated heterocycles. The third-order valence-corrected chi connectivity index (χ3v) is 2.24. The number of carbonyl (C=O) groups excluding carboxylic acids is 1. The van der Waals surface area contributed by atoms with Gasteiger partial charge in [0.05, 0.1) is 23.6 Å². The second kappa shape index (κ2) is 5.05. The number of halogens is 4. The van der Waals surface area contributed by atoms with Gasteiger partial charge in [-0.1, -0.05) is 0 Å². The standard InChI is InChI=1S/C12H6F4N2O/c13-6-3-7(5-17-4-6)18-12(19)8-1-2-9(14)11(16)10(8)15/h1-5H,(H,18,19). The number of amides is 1. The van der Waals surface area contributed by atoms with Gasteiger partial charge in [-0.25, -0.2) is 17.6 Å². The van der Waals surface area contributed by atoms with Crippen molar-refractivity contribution in [1.29, 1.82) is 0 Å². The van der Waals surface area contributed by atoms with Gasteiger partial charge in [-0.15, -0.1) is 0 Å². The van der Waals surface area contributed by atoms with Crippen molar-refractivity contribution < 1.29 is 22.4 Å². The lowest BCUT2D eigenvalue weighted by Gasteiger charge is -2.06. The summed E-state index contributed by atoms with van der Waals surface area (Å²) in [6.07, 6.45) is 2.03. The molecule has 0 bridgehead atoms. The van der Waals surface area contributed by atoms with Crippen LogP contribution in [0.5, 0.6) is 0 Å². The van der Waals surface area contributed by atoms with E-state index in [1.165, 1.54) is 0 Å². The number of hydrogen-bond donors (Lipinski definition) is 1. The third kappa shape index (κ3) is 2.70. The molecule has 0 saturated carbocycles. The minimum absolute atomic E-state index is 0.0332. The molecule has 1 heterocycles. The van der Waals surface area contributed by atoms with Crippen LogP contribution < -0.4 is 5.32 Å². The summed E-state index contributed by atoms with van der Waals surface area (Å²) < 4.78 is 51.8. The van der Waals surface area contributed by atoms with E-state index in [1.54, 1.807) is 0 Å². The van der Waals surface area contributed by atoms with E-state index in [0.717, 1.165) is 24.5 Å². The van der Waals surface area contributed by atoms with E-state index in [2.05, 4.69) is 10.3 Å². The van der Waals surface area contributed by atoms with Crippen LogP contribution in [0, 0.1) is 23.3 Å². The van der Waals surface area contributed by atoms with Crippen LogP contribution in [-0.4, -0.2) is 10.9 Å². The molecule has 0 atom stereocenters. The molecule has 0 unspecified atom stereocenters. The average molecular weight is 270 g/mol. The first-order valence-electron chi connectivity index (χ1n) is 5.04. The van der Waals surface area contributed by atoms with E-state index in [9.17, 15) is 22.4 Å². The lowest BCUT2D eigenvalue weighted by molar-refractivity contribution is 0.102. The number of hydrogen-bond acceptors (Lipinski definition) is 2. The highest BCUT2D eigenvalue weighted by Gasteiger charge is 2.18. The molecule has 19 heavy (non-hydrogen) atoms. The largest absolute Gasteiger partial charge is 0.320 e. The Kier molecular flexibility index (Phi) is 3.46. The minimum atomic E-state index is -1.75. The maximum Gasteiger partial charge on any atom is 0.258 e. The summed E-state index contributed by atoms with van der Waals surface area (Å²) in [4.78, 5) is 15.1. The van der Waals surface area contributed by atoms with Gasteiger partial charge in [0.15, 0.2) is 17.5 Å². The SMILES string of the molecule is O=C(Nc1cncc(F)c1)c1ccc(F)c(F)c1F. The molecule has 3 nitrogen and oxygen atoms in total. The van der Waals surface area contributed by atoms with Gasteiger partial charge in [-0.3, -0.25) is 9.78 Å². The second-order valence-corrected chi connectivity index (χ2v) is 3.57. The summed E-state index contributed by atoms with van der Waals surface area (Å²) in [5.74, 6) is -6.50. The Hall–Kier alpha value is -2.44. The number of aromatic nitrogens is 1. The number of anilines is 1. The zero-order valence-electron chi connectivity index (χ0n) is 9.25. The van der Waals surface area contributed by atoms with E-state index in [0.29, 0.717) is 6.07 Å². The Morgan fingerprint density at radius 2 is 1.79 bits per heavy atom. The van der Waals surface area contributed by atoms with Gasteiger partial charge in [0.1, 0.15) is 5.82 Å². The normalized spacial score (nSPS) is 10.3. The molecule has 7 heteroatoms. The van der Waals surface area contributed by atoms with Crippen LogP contribution in [0.2, 0.25) is 0 Å². The number of carbonyl (C=O) groups is 1. The predicted molar refractivity (Wildman–Crippen MR) is 58.5 cm³/mol. The summed E-state index contributed by atoms with van der Waals surface area (Å²) in [6, 6.07) is 2.36. The lowest BCUT2D eigenvalue weighted by Crippen LogP contribution is -2.15. The fraction of sp³-hybridized carbons (Fsp3) is 0. The van der Waals surface area contributed by atoms with Crippen LogP contribution >= 0.6 is 0 Å². The van der Waals surface area contributed by atoms with Crippen LogP contribution in [0.3, 0.4) is 0 Å². The van der Waals surface area contributed by atoms with Crippen molar-refractivity contribution in [3.05, 3.63) is 59.4 Å². The molecular formula is C12H6F4N2O. The molecule has 98 valence electrons. The maximum absolute atomic E-state index is 13.3. The third-order valence-electron chi connectivity index (χ3n) is 2.24. The van der Waals surface area contributed by atoms with E-state index < -0.39 is 34.7 Å². The molecule has 0 radical (unpaired) electrons. The molecule has 0 aliphatic carbocycles. The Morgan fingerprint density at radius 3 is 2.47 bits per heavy atom. The predicted octanol–water partition coefficient (Wildman–Crippen LogP) is 2.89. The number of nitrogens with one attached hydrogen (secondary N) is 1. The Labute approximate surface area is 104 Å². The fourth-order valence-corrected chi connectivity index (χ4v) is 1.38. The van der Waals surface area contributed by atoms with Crippen LogP contribution in [0.4, 0.5) is 23.2 Å². The quantitative estimate of drug-likeness (QED) is 0.673. The molecule has 2 rings (SSSR count). The van der Waals surface area contributed by atoms with Gasteiger partial charge in [-0.2, -0.15) is 0 Å². The monoisotopic (exact) mass is 270 g/mol. The van der Waals surface area contributed by atoms with Crippen molar-refractivity contribution >= 4 is 11.6 Å². The van der Waals surface area contributed by atoms with Crippen molar-refractivity contribution in [1.82, 2.24) is 4.98 Å². The molecule has 0 fully saturated rings. The minimum Gasteiger partial charge on any atom is -0.320 e. The highest BCUT2D eigenvalue weighted by molar-refractivity contribution is 6.04. The Balaban J connectivity index is 2.28. The van der Waals surface area contributed by atoms with Gasteiger partial charge in [-0.05, 0) is 12.1 Å². The van der Waals surface area contributed by atoms with Gasteiger partial charge in [0, 0.05) is 6.07 Å². The summed E-state index contributed by atoms with van der Waals surface area (Å²) in [5, 5.41) is 2.12. The van der Waals surface area contributed by atoms with Crippen molar-refractivity contribution in [2.45, 2.75) is 0 Å². The molecule has 2 aromatic rings. The van der Waals surface area contributed by atoms with Gasteiger partial charge in [0.25, 0.3) is 5.91 Å². The molecule has 1 aromatic carbocycles. The number of benzene rings is 1.